The van der Waals surface area contributed by atoms with Crippen LogP contribution >= 0.6 is 0 Å². The quantitative estimate of drug-likeness (QED) is 0.452. The molecule has 0 amide bonds. The molecule has 1 aromatic rings. The second-order valence-electron chi connectivity index (χ2n) is 3.70. The summed E-state index contributed by atoms with van der Waals surface area (Å²) in [6, 6.07) is 2.10. The number of ether oxygens (including phenoxy) is 1. The summed E-state index contributed by atoms with van der Waals surface area (Å²) in [6.07, 6.45) is -3.19. The van der Waals surface area contributed by atoms with Crippen molar-refractivity contribution in [2.45, 2.75) is 19.1 Å². The molecule has 6 nitrogen and oxygen atoms in total. The molecule has 0 saturated carbocycles. The van der Waals surface area contributed by atoms with Crippen LogP contribution in [0.3, 0.4) is 0 Å². The van der Waals surface area contributed by atoms with Gasteiger partial charge in [-0.15, -0.1) is 0 Å². The lowest BCUT2D eigenvalue weighted by molar-refractivity contribution is -0.385. The van der Waals surface area contributed by atoms with Gasteiger partial charge in [0.1, 0.15) is 6.61 Å². The lowest BCUT2D eigenvalue weighted by Crippen LogP contribution is -2.21. The summed E-state index contributed by atoms with van der Waals surface area (Å²) in [5.41, 5.74) is -0.711. The monoisotopic (exact) mass is 280 g/mol. The second kappa shape index (κ2) is 6.32. The van der Waals surface area contributed by atoms with E-state index >= 15 is 0 Å². The zero-order chi connectivity index (χ0) is 14.5. The van der Waals surface area contributed by atoms with Crippen LogP contribution in [0.15, 0.2) is 23.1 Å². The smallest absolute Gasteiger partial charge is 0.372 e. The molecule has 1 heterocycles. The number of alkyl halides is 3. The number of hydrogen-bond donors (Lipinski definition) is 0. The summed E-state index contributed by atoms with van der Waals surface area (Å²) < 4.78 is 40.7. The molecule has 0 fully saturated rings. The molecule has 0 bridgehead atoms. The number of rotatable bonds is 6. The van der Waals surface area contributed by atoms with Crippen molar-refractivity contribution in [3.05, 3.63) is 38.8 Å². The summed E-state index contributed by atoms with van der Waals surface area (Å²) in [7, 11) is 0. The van der Waals surface area contributed by atoms with Crippen LogP contribution in [0.4, 0.5) is 18.9 Å². The second-order valence-corrected chi connectivity index (χ2v) is 3.70. The molecule has 0 aliphatic carbocycles. The first-order valence-corrected chi connectivity index (χ1v) is 5.29. The zero-order valence-corrected chi connectivity index (χ0v) is 9.72. The number of aromatic nitrogens is 1. The van der Waals surface area contributed by atoms with Crippen LogP contribution in [0.5, 0.6) is 0 Å². The van der Waals surface area contributed by atoms with Gasteiger partial charge in [-0.05, 0) is 6.42 Å². The fourth-order valence-electron chi connectivity index (χ4n) is 1.33. The third kappa shape index (κ3) is 5.51. The summed E-state index contributed by atoms with van der Waals surface area (Å²) in [4.78, 5) is 21.2. The van der Waals surface area contributed by atoms with E-state index in [1.165, 1.54) is 0 Å². The van der Waals surface area contributed by atoms with E-state index in [9.17, 15) is 28.1 Å². The molecule has 0 aliphatic rings. The largest absolute Gasteiger partial charge is 0.411 e. The fourth-order valence-corrected chi connectivity index (χ4v) is 1.33. The van der Waals surface area contributed by atoms with Crippen molar-refractivity contribution < 1.29 is 22.8 Å². The predicted molar refractivity (Wildman–Crippen MR) is 58.8 cm³/mol. The van der Waals surface area contributed by atoms with Crippen LogP contribution < -0.4 is 5.56 Å². The highest BCUT2D eigenvalue weighted by Crippen LogP contribution is 2.14. The summed E-state index contributed by atoms with van der Waals surface area (Å²) >= 11 is 0. The van der Waals surface area contributed by atoms with Crippen LogP contribution in [0, 0.1) is 10.1 Å². The van der Waals surface area contributed by atoms with Crippen molar-refractivity contribution in [1.29, 1.82) is 0 Å². The van der Waals surface area contributed by atoms with E-state index in [2.05, 4.69) is 4.74 Å². The van der Waals surface area contributed by atoms with Crippen LogP contribution in [0.1, 0.15) is 6.42 Å². The first kappa shape index (κ1) is 15.2. The molecule has 0 radical (unpaired) electrons. The Hall–Kier alpha value is -1.90. The van der Waals surface area contributed by atoms with E-state index in [4.69, 9.17) is 0 Å². The minimum Gasteiger partial charge on any atom is -0.372 e. The van der Waals surface area contributed by atoms with Crippen molar-refractivity contribution in [2.75, 3.05) is 13.2 Å². The topological polar surface area (TPSA) is 74.4 Å². The van der Waals surface area contributed by atoms with Gasteiger partial charge in [0.05, 0.1) is 11.1 Å². The number of aryl methyl sites for hydroxylation is 1. The maximum atomic E-state index is 11.8. The first-order chi connectivity index (χ1) is 8.79. The van der Waals surface area contributed by atoms with E-state index in [1.54, 1.807) is 0 Å². The molecular weight excluding hydrogens is 269 g/mol. The van der Waals surface area contributed by atoms with Gasteiger partial charge in [-0.1, -0.05) is 0 Å². The molecule has 1 rings (SSSR count). The minimum absolute atomic E-state index is 0.0539. The summed E-state index contributed by atoms with van der Waals surface area (Å²) in [5, 5.41) is 10.5. The molecular formula is C10H11F3N2O4. The maximum Gasteiger partial charge on any atom is 0.411 e. The first-order valence-electron chi connectivity index (χ1n) is 5.29. The summed E-state index contributed by atoms with van der Waals surface area (Å²) in [6.45, 7) is -1.48. The summed E-state index contributed by atoms with van der Waals surface area (Å²) in [5.74, 6) is 0. The number of hydrogen-bond acceptors (Lipinski definition) is 4. The number of nitro groups is 1. The Morgan fingerprint density at radius 3 is 2.63 bits per heavy atom. The van der Waals surface area contributed by atoms with Crippen molar-refractivity contribution in [1.82, 2.24) is 4.57 Å². The van der Waals surface area contributed by atoms with Gasteiger partial charge in [0.25, 0.3) is 11.2 Å². The minimum atomic E-state index is -4.39. The van der Waals surface area contributed by atoms with Gasteiger partial charge in [-0.3, -0.25) is 14.9 Å². The SMILES string of the molecule is O=c1ccc([N+](=O)[O-])cn1CCCOCC(F)(F)F. The van der Waals surface area contributed by atoms with Crippen molar-refractivity contribution >= 4 is 5.69 Å². The third-order valence-corrected chi connectivity index (χ3v) is 2.13. The van der Waals surface area contributed by atoms with Crippen molar-refractivity contribution in [2.24, 2.45) is 0 Å². The van der Waals surface area contributed by atoms with Gasteiger partial charge in [-0.25, -0.2) is 0 Å². The Kier molecular flexibility index (Phi) is 5.04. The van der Waals surface area contributed by atoms with E-state index in [0.717, 1.165) is 22.9 Å². The highest BCUT2D eigenvalue weighted by Gasteiger charge is 2.27. The molecule has 0 spiro atoms. The van der Waals surface area contributed by atoms with E-state index in [0.29, 0.717) is 0 Å². The van der Waals surface area contributed by atoms with Gasteiger partial charge in [0.15, 0.2) is 0 Å². The lowest BCUT2D eigenvalue weighted by Gasteiger charge is -2.08. The Balaban J connectivity index is 2.47. The third-order valence-electron chi connectivity index (χ3n) is 2.13. The Labute approximate surface area is 105 Å². The highest BCUT2D eigenvalue weighted by atomic mass is 19.4. The molecule has 19 heavy (non-hydrogen) atoms. The number of nitrogens with zero attached hydrogens (tertiary/aromatic N) is 2. The Morgan fingerprint density at radius 1 is 1.37 bits per heavy atom. The maximum absolute atomic E-state index is 11.8. The van der Waals surface area contributed by atoms with Gasteiger partial charge in [0.2, 0.25) is 0 Å². The molecule has 9 heteroatoms. The average Bonchev–Trinajstić information content (AvgIpc) is 2.29. The standard InChI is InChI=1S/C10H11F3N2O4/c11-10(12,13)7-19-5-1-4-14-6-8(15(17)18)2-3-9(14)16/h2-3,6H,1,4-5,7H2. The number of halogens is 3. The van der Waals surface area contributed by atoms with Crippen LogP contribution in [0.25, 0.3) is 0 Å². The van der Waals surface area contributed by atoms with Crippen LogP contribution in [-0.2, 0) is 11.3 Å². The van der Waals surface area contributed by atoms with E-state index in [1.807, 2.05) is 0 Å². The van der Waals surface area contributed by atoms with Crippen LogP contribution in [0.2, 0.25) is 0 Å². The van der Waals surface area contributed by atoms with Crippen molar-refractivity contribution in [3.63, 3.8) is 0 Å². The van der Waals surface area contributed by atoms with Gasteiger partial charge < -0.3 is 9.30 Å². The molecule has 106 valence electrons. The molecule has 0 aliphatic heterocycles. The Bertz CT molecular complexity index is 498. The molecule has 0 N–H and O–H groups in total. The van der Waals surface area contributed by atoms with Gasteiger partial charge >= 0.3 is 6.18 Å². The predicted octanol–water partition coefficient (Wildman–Crippen LogP) is 1.73. The number of pyridine rings is 1. The van der Waals surface area contributed by atoms with Crippen molar-refractivity contribution in [3.8, 4) is 0 Å². The Morgan fingerprint density at radius 2 is 2.05 bits per heavy atom. The van der Waals surface area contributed by atoms with E-state index < -0.39 is 23.3 Å². The lowest BCUT2D eigenvalue weighted by atomic mass is 10.4. The molecule has 0 aromatic carbocycles. The molecule has 0 atom stereocenters. The zero-order valence-electron chi connectivity index (χ0n) is 9.72. The van der Waals surface area contributed by atoms with Crippen LogP contribution in [-0.4, -0.2) is 28.9 Å². The highest BCUT2D eigenvalue weighted by molar-refractivity contribution is 5.24. The van der Waals surface area contributed by atoms with Gasteiger partial charge in [0, 0.05) is 25.3 Å². The molecule has 0 saturated heterocycles. The average molecular weight is 280 g/mol. The normalized spacial score (nSPS) is 11.5. The van der Waals surface area contributed by atoms with E-state index in [-0.39, 0.29) is 25.3 Å². The molecule has 0 unspecified atom stereocenters. The van der Waals surface area contributed by atoms with Gasteiger partial charge in [-0.2, -0.15) is 13.2 Å². The fraction of sp³-hybridized carbons (Fsp3) is 0.500. The molecule has 1 aromatic heterocycles.